The van der Waals surface area contributed by atoms with E-state index in [1.807, 2.05) is 6.92 Å². The zero-order valence-electron chi connectivity index (χ0n) is 13.1. The molecule has 1 fully saturated rings. The highest BCUT2D eigenvalue weighted by molar-refractivity contribution is 7.10. The molecule has 22 heavy (non-hydrogen) atoms. The van der Waals surface area contributed by atoms with Crippen LogP contribution in [0.15, 0.2) is 41.8 Å². The van der Waals surface area contributed by atoms with Gasteiger partial charge in [0.2, 0.25) is 0 Å². The molecule has 1 aliphatic carbocycles. The van der Waals surface area contributed by atoms with Crippen molar-refractivity contribution in [2.45, 2.75) is 44.8 Å². The second-order valence-electron chi connectivity index (χ2n) is 6.17. The highest BCUT2D eigenvalue weighted by Gasteiger charge is 2.29. The van der Waals surface area contributed by atoms with Gasteiger partial charge in [0.15, 0.2) is 6.04 Å². The first kappa shape index (κ1) is 15.3. The maximum Gasteiger partial charge on any atom is 0.278 e. The summed E-state index contributed by atoms with van der Waals surface area (Å²) in [5, 5.41) is 7.37. The van der Waals surface area contributed by atoms with Crippen molar-refractivity contribution in [3.63, 3.8) is 0 Å². The number of rotatable bonds is 6. The van der Waals surface area contributed by atoms with Crippen LogP contribution in [0.25, 0.3) is 0 Å². The first-order chi connectivity index (χ1) is 10.6. The van der Waals surface area contributed by atoms with Gasteiger partial charge in [-0.15, -0.1) is 11.3 Å². The molecule has 1 amide bonds. The van der Waals surface area contributed by atoms with Gasteiger partial charge in [0.1, 0.15) is 6.04 Å². The molecule has 0 radical (unpaired) electrons. The summed E-state index contributed by atoms with van der Waals surface area (Å²) in [6.07, 6.45) is 2.26. The molecule has 3 N–H and O–H groups in total. The zero-order chi connectivity index (χ0) is 15.5. The van der Waals surface area contributed by atoms with Crippen LogP contribution in [0.5, 0.6) is 0 Å². The lowest BCUT2D eigenvalue weighted by molar-refractivity contribution is -0.704. The molecule has 0 spiro atoms. The Bertz CT molecular complexity index is 617. The summed E-state index contributed by atoms with van der Waals surface area (Å²) < 4.78 is 0. The largest absolute Gasteiger partial charge is 0.348 e. The van der Waals surface area contributed by atoms with Crippen LogP contribution in [0.4, 0.5) is 0 Å². The lowest BCUT2D eigenvalue weighted by Crippen LogP contribution is -2.92. The Balaban J connectivity index is 1.76. The van der Waals surface area contributed by atoms with Gasteiger partial charge in [0, 0.05) is 11.6 Å². The van der Waals surface area contributed by atoms with E-state index < -0.39 is 0 Å². The lowest BCUT2D eigenvalue weighted by Gasteiger charge is -2.19. The van der Waals surface area contributed by atoms with E-state index in [1.165, 1.54) is 16.0 Å². The SMILES string of the molecule is Cc1ccc([C@@H]([NH2+][C@@H](C)C(=O)NC2CC2)c2cccs2)cc1. The molecule has 116 valence electrons. The number of carbonyl (C=O) groups excluding carboxylic acids is 1. The van der Waals surface area contributed by atoms with E-state index in [9.17, 15) is 4.79 Å². The molecule has 2 aromatic rings. The fraction of sp³-hybridized carbons (Fsp3) is 0.389. The molecule has 1 saturated carbocycles. The second kappa shape index (κ2) is 6.63. The van der Waals surface area contributed by atoms with Crippen molar-refractivity contribution in [1.29, 1.82) is 0 Å². The Morgan fingerprint density at radius 1 is 1.27 bits per heavy atom. The van der Waals surface area contributed by atoms with Crippen LogP contribution in [0.1, 0.15) is 41.8 Å². The van der Waals surface area contributed by atoms with Crippen molar-refractivity contribution < 1.29 is 10.1 Å². The Labute approximate surface area is 135 Å². The van der Waals surface area contributed by atoms with E-state index in [1.54, 1.807) is 11.3 Å². The van der Waals surface area contributed by atoms with Crippen molar-refractivity contribution in [1.82, 2.24) is 5.32 Å². The summed E-state index contributed by atoms with van der Waals surface area (Å²) in [7, 11) is 0. The quantitative estimate of drug-likeness (QED) is 0.845. The van der Waals surface area contributed by atoms with Crippen LogP contribution in [-0.2, 0) is 4.79 Å². The Morgan fingerprint density at radius 3 is 2.59 bits per heavy atom. The number of carbonyl (C=O) groups is 1. The monoisotopic (exact) mass is 315 g/mol. The van der Waals surface area contributed by atoms with Crippen LogP contribution in [0.3, 0.4) is 0 Å². The van der Waals surface area contributed by atoms with Crippen LogP contribution in [-0.4, -0.2) is 18.0 Å². The van der Waals surface area contributed by atoms with E-state index >= 15 is 0 Å². The average Bonchev–Trinajstić information content (AvgIpc) is 3.16. The predicted molar refractivity (Wildman–Crippen MR) is 89.9 cm³/mol. The number of hydrogen-bond donors (Lipinski definition) is 2. The summed E-state index contributed by atoms with van der Waals surface area (Å²) in [5.74, 6) is 0.149. The molecule has 1 heterocycles. The van der Waals surface area contributed by atoms with Gasteiger partial charge in [-0.25, -0.2) is 0 Å². The molecule has 1 aliphatic rings. The minimum Gasteiger partial charge on any atom is -0.348 e. The van der Waals surface area contributed by atoms with Crippen molar-refractivity contribution >= 4 is 17.2 Å². The summed E-state index contributed by atoms with van der Waals surface area (Å²) in [6, 6.07) is 13.3. The standard InChI is InChI=1S/C18H22N2OS/c1-12-5-7-14(8-6-12)17(16-4-3-11-22-16)19-13(2)18(21)20-15-9-10-15/h3-8,11,13,15,17,19H,9-10H2,1-2H3,(H,20,21)/p+1/t13-,17+/m0/s1. The summed E-state index contributed by atoms with van der Waals surface area (Å²) >= 11 is 1.75. The molecule has 1 aromatic carbocycles. The highest BCUT2D eigenvalue weighted by Crippen LogP contribution is 2.23. The number of benzene rings is 1. The van der Waals surface area contributed by atoms with Gasteiger partial charge in [0.25, 0.3) is 5.91 Å². The molecule has 0 aliphatic heterocycles. The van der Waals surface area contributed by atoms with E-state index in [-0.39, 0.29) is 18.0 Å². The minimum atomic E-state index is -0.0889. The third-order valence-electron chi connectivity index (χ3n) is 4.10. The molecule has 4 heteroatoms. The van der Waals surface area contributed by atoms with E-state index in [0.29, 0.717) is 6.04 Å². The first-order valence-electron chi connectivity index (χ1n) is 7.89. The summed E-state index contributed by atoms with van der Waals surface area (Å²) in [4.78, 5) is 13.5. The fourth-order valence-electron chi connectivity index (χ4n) is 2.55. The predicted octanol–water partition coefficient (Wildman–Crippen LogP) is 2.38. The van der Waals surface area contributed by atoms with Crippen molar-refractivity contribution in [2.24, 2.45) is 0 Å². The topological polar surface area (TPSA) is 45.7 Å². The molecular weight excluding hydrogens is 292 g/mol. The van der Waals surface area contributed by atoms with Gasteiger partial charge in [-0.2, -0.15) is 0 Å². The molecule has 3 nitrogen and oxygen atoms in total. The number of hydrogen-bond acceptors (Lipinski definition) is 2. The second-order valence-corrected chi connectivity index (χ2v) is 7.15. The average molecular weight is 315 g/mol. The number of thiophene rings is 1. The molecule has 0 bridgehead atoms. The van der Waals surface area contributed by atoms with Crippen molar-refractivity contribution in [3.05, 3.63) is 57.8 Å². The molecular formula is C18H23N2OS+. The summed E-state index contributed by atoms with van der Waals surface area (Å²) in [5.41, 5.74) is 2.51. The zero-order valence-corrected chi connectivity index (χ0v) is 13.9. The Morgan fingerprint density at radius 2 is 2.00 bits per heavy atom. The maximum atomic E-state index is 12.2. The van der Waals surface area contributed by atoms with Crippen LogP contribution >= 0.6 is 11.3 Å². The normalized spacial score (nSPS) is 17.0. The molecule has 2 atom stereocenters. The maximum absolute atomic E-state index is 12.2. The van der Waals surface area contributed by atoms with E-state index in [4.69, 9.17) is 0 Å². The van der Waals surface area contributed by atoms with Gasteiger partial charge in [0.05, 0.1) is 4.88 Å². The summed E-state index contributed by atoms with van der Waals surface area (Å²) in [6.45, 7) is 4.09. The molecule has 0 saturated heterocycles. The number of nitrogens with two attached hydrogens (primary N) is 1. The smallest absolute Gasteiger partial charge is 0.278 e. The number of nitrogens with one attached hydrogen (secondary N) is 1. The fourth-order valence-corrected chi connectivity index (χ4v) is 3.38. The van der Waals surface area contributed by atoms with Crippen molar-refractivity contribution in [2.75, 3.05) is 0 Å². The van der Waals surface area contributed by atoms with Gasteiger partial charge >= 0.3 is 0 Å². The molecule has 3 rings (SSSR count). The Hall–Kier alpha value is -1.65. The van der Waals surface area contributed by atoms with E-state index in [2.05, 4.69) is 59.3 Å². The lowest BCUT2D eigenvalue weighted by atomic mass is 10.0. The third-order valence-corrected chi connectivity index (χ3v) is 5.06. The van der Waals surface area contributed by atoms with Crippen LogP contribution < -0.4 is 10.6 Å². The number of aryl methyl sites for hydroxylation is 1. The minimum absolute atomic E-state index is 0.0889. The van der Waals surface area contributed by atoms with Gasteiger partial charge in [-0.05, 0) is 38.1 Å². The van der Waals surface area contributed by atoms with Gasteiger partial charge < -0.3 is 10.6 Å². The number of amides is 1. The Kier molecular flexibility index (Phi) is 4.60. The van der Waals surface area contributed by atoms with Crippen molar-refractivity contribution in [3.8, 4) is 0 Å². The van der Waals surface area contributed by atoms with Gasteiger partial charge in [-0.3, -0.25) is 4.79 Å². The van der Waals surface area contributed by atoms with E-state index in [0.717, 1.165) is 12.8 Å². The number of quaternary nitrogens is 1. The van der Waals surface area contributed by atoms with Gasteiger partial charge in [-0.1, -0.05) is 35.9 Å². The molecule has 0 unspecified atom stereocenters. The molecule has 1 aromatic heterocycles. The third kappa shape index (κ3) is 3.76. The van der Waals surface area contributed by atoms with Crippen LogP contribution in [0.2, 0.25) is 0 Å². The van der Waals surface area contributed by atoms with Crippen LogP contribution in [0, 0.1) is 6.92 Å². The highest BCUT2D eigenvalue weighted by atomic mass is 32.1. The first-order valence-corrected chi connectivity index (χ1v) is 8.77.